The summed E-state index contributed by atoms with van der Waals surface area (Å²) in [5, 5.41) is 5.90. The Balaban J connectivity index is 1.74. The molecular weight excluding hydrogens is 558 g/mol. The summed E-state index contributed by atoms with van der Waals surface area (Å²) in [6.45, 7) is 1.63. The number of carbonyl (C=O) groups excluding carboxylic acids is 3. The van der Waals surface area contributed by atoms with Crippen LogP contribution in [0.1, 0.15) is 34.5 Å². The SMILES string of the molecule is COC(=O)NCc1cccc(NC(=O)C(Cc2ccccc2)n2cc(OC)c(-c3cc(Cl)ccc3C(C)=O)cc2=O)c1. The highest BCUT2D eigenvalue weighted by Crippen LogP contribution is 2.34. The molecule has 0 aliphatic rings. The van der Waals surface area contributed by atoms with Crippen LogP contribution >= 0.6 is 11.6 Å². The molecule has 0 saturated carbocycles. The smallest absolute Gasteiger partial charge is 0.407 e. The number of halogens is 1. The van der Waals surface area contributed by atoms with Crippen LogP contribution in [0.25, 0.3) is 11.1 Å². The number of nitrogens with one attached hydrogen (secondary N) is 2. The number of Topliss-reactive ketones (excluding diaryl/α,β-unsaturated/α-hetero) is 1. The van der Waals surface area contributed by atoms with Crippen molar-refractivity contribution in [3.8, 4) is 16.9 Å². The molecule has 0 saturated heterocycles. The van der Waals surface area contributed by atoms with Crippen LogP contribution in [0.4, 0.5) is 10.5 Å². The molecule has 42 heavy (non-hydrogen) atoms. The maximum Gasteiger partial charge on any atom is 0.407 e. The summed E-state index contributed by atoms with van der Waals surface area (Å²) in [7, 11) is 2.73. The predicted octanol–water partition coefficient (Wildman–Crippen LogP) is 5.66. The average molecular weight is 588 g/mol. The van der Waals surface area contributed by atoms with Crippen molar-refractivity contribution in [2.75, 3.05) is 19.5 Å². The van der Waals surface area contributed by atoms with E-state index in [-0.39, 0.29) is 18.7 Å². The van der Waals surface area contributed by atoms with Crippen molar-refractivity contribution in [2.24, 2.45) is 0 Å². The van der Waals surface area contributed by atoms with E-state index in [0.29, 0.717) is 33.1 Å². The van der Waals surface area contributed by atoms with E-state index in [2.05, 4.69) is 15.4 Å². The van der Waals surface area contributed by atoms with Gasteiger partial charge in [0.2, 0.25) is 5.91 Å². The molecule has 10 heteroatoms. The standard InChI is InChI=1S/C32H30ClN3O6/c1-20(37)25-13-12-23(33)16-26(25)27-17-30(38)36(19-29(27)41-2)28(15-21-8-5-4-6-9-21)31(39)35-24-11-7-10-22(14-24)18-34-32(40)42-3/h4-14,16-17,19,28H,15,18H2,1-3H3,(H,34,40)(H,35,39). The van der Waals surface area contributed by atoms with Crippen LogP contribution in [-0.4, -0.2) is 36.6 Å². The fourth-order valence-electron chi connectivity index (χ4n) is 4.58. The molecule has 4 aromatic rings. The number of alkyl carbamates (subject to hydrolysis) is 1. The van der Waals surface area contributed by atoms with Gasteiger partial charge in [0.1, 0.15) is 11.8 Å². The second-order valence-electron chi connectivity index (χ2n) is 9.49. The molecule has 9 nitrogen and oxygen atoms in total. The number of ether oxygens (including phenoxy) is 2. The lowest BCUT2D eigenvalue weighted by molar-refractivity contribution is -0.119. The van der Waals surface area contributed by atoms with Crippen molar-refractivity contribution >= 4 is 35.1 Å². The highest BCUT2D eigenvalue weighted by molar-refractivity contribution is 6.31. The van der Waals surface area contributed by atoms with E-state index in [1.54, 1.807) is 42.5 Å². The molecule has 2 amide bonds. The lowest BCUT2D eigenvalue weighted by atomic mass is 9.97. The van der Waals surface area contributed by atoms with Crippen molar-refractivity contribution in [1.82, 2.24) is 9.88 Å². The molecule has 1 atom stereocenters. The number of pyridine rings is 1. The summed E-state index contributed by atoms with van der Waals surface area (Å²) in [5.74, 6) is -0.333. The Hall–Kier alpha value is -4.89. The van der Waals surface area contributed by atoms with Crippen LogP contribution in [0.5, 0.6) is 5.75 Å². The summed E-state index contributed by atoms with van der Waals surface area (Å²) >= 11 is 6.24. The largest absolute Gasteiger partial charge is 0.495 e. The minimum Gasteiger partial charge on any atom is -0.495 e. The Labute approximate surface area is 248 Å². The van der Waals surface area contributed by atoms with Crippen LogP contribution in [0.3, 0.4) is 0 Å². The molecular formula is C32H30ClN3O6. The first-order chi connectivity index (χ1) is 20.2. The molecule has 3 aromatic carbocycles. The topological polar surface area (TPSA) is 116 Å². The molecule has 0 radical (unpaired) electrons. The maximum atomic E-state index is 13.8. The van der Waals surface area contributed by atoms with E-state index in [4.69, 9.17) is 16.3 Å². The van der Waals surface area contributed by atoms with Gasteiger partial charge in [-0.3, -0.25) is 19.0 Å². The predicted molar refractivity (Wildman–Crippen MR) is 161 cm³/mol. The van der Waals surface area contributed by atoms with Gasteiger partial charge < -0.3 is 20.1 Å². The van der Waals surface area contributed by atoms with Crippen molar-refractivity contribution in [3.63, 3.8) is 0 Å². The highest BCUT2D eigenvalue weighted by atomic mass is 35.5. The van der Waals surface area contributed by atoms with Crippen LogP contribution in [0, 0.1) is 0 Å². The molecule has 0 spiro atoms. The van der Waals surface area contributed by atoms with E-state index in [9.17, 15) is 19.2 Å². The number of rotatable bonds is 10. The maximum absolute atomic E-state index is 13.8. The third-order valence-electron chi connectivity index (χ3n) is 6.64. The highest BCUT2D eigenvalue weighted by Gasteiger charge is 2.25. The van der Waals surface area contributed by atoms with Gasteiger partial charge in [-0.1, -0.05) is 54.1 Å². The fourth-order valence-corrected chi connectivity index (χ4v) is 4.75. The summed E-state index contributed by atoms with van der Waals surface area (Å²) in [5.41, 5.74) is 2.83. The van der Waals surface area contributed by atoms with Gasteiger partial charge in [0.05, 0.1) is 20.4 Å². The van der Waals surface area contributed by atoms with Gasteiger partial charge in [-0.15, -0.1) is 0 Å². The second kappa shape index (κ2) is 13.6. The van der Waals surface area contributed by atoms with E-state index >= 15 is 0 Å². The second-order valence-corrected chi connectivity index (χ2v) is 9.92. The Bertz CT molecular complexity index is 1670. The van der Waals surface area contributed by atoms with E-state index in [1.807, 2.05) is 30.3 Å². The molecule has 1 heterocycles. The summed E-state index contributed by atoms with van der Waals surface area (Å²) < 4.78 is 11.6. The van der Waals surface area contributed by atoms with Crippen molar-refractivity contribution in [2.45, 2.75) is 25.9 Å². The number of anilines is 1. The van der Waals surface area contributed by atoms with Gasteiger partial charge in [0.15, 0.2) is 5.78 Å². The minimum atomic E-state index is -0.952. The Morgan fingerprint density at radius 1 is 0.905 bits per heavy atom. The van der Waals surface area contributed by atoms with Crippen LogP contribution in [0.15, 0.2) is 89.9 Å². The van der Waals surface area contributed by atoms with Crippen LogP contribution in [0.2, 0.25) is 5.02 Å². The van der Waals surface area contributed by atoms with Gasteiger partial charge in [-0.25, -0.2) is 4.79 Å². The molecule has 1 unspecified atom stereocenters. The average Bonchev–Trinajstić information content (AvgIpc) is 2.99. The van der Waals surface area contributed by atoms with Crippen molar-refractivity contribution in [3.05, 3.63) is 117 Å². The lowest BCUT2D eigenvalue weighted by Gasteiger charge is -2.22. The van der Waals surface area contributed by atoms with Gasteiger partial charge in [-0.2, -0.15) is 0 Å². The zero-order valence-electron chi connectivity index (χ0n) is 23.3. The van der Waals surface area contributed by atoms with Gasteiger partial charge >= 0.3 is 6.09 Å². The lowest BCUT2D eigenvalue weighted by Crippen LogP contribution is -2.34. The summed E-state index contributed by atoms with van der Waals surface area (Å²) in [6.07, 6.45) is 1.12. The minimum absolute atomic E-state index is 0.196. The number of hydrogen-bond acceptors (Lipinski definition) is 6. The molecule has 0 aliphatic carbocycles. The number of benzene rings is 3. The number of aromatic nitrogens is 1. The first-order valence-electron chi connectivity index (χ1n) is 13.1. The van der Waals surface area contributed by atoms with E-state index in [0.717, 1.165) is 11.1 Å². The molecule has 4 rings (SSSR count). The number of hydrogen-bond donors (Lipinski definition) is 2. The number of nitrogens with zero attached hydrogens (tertiary/aromatic N) is 1. The first kappa shape index (κ1) is 30.1. The molecule has 216 valence electrons. The molecule has 1 aromatic heterocycles. The molecule has 0 fully saturated rings. The Kier molecular flexibility index (Phi) is 9.77. The summed E-state index contributed by atoms with van der Waals surface area (Å²) in [6, 6.07) is 21.5. The number of ketones is 1. The normalized spacial score (nSPS) is 11.3. The van der Waals surface area contributed by atoms with Crippen LogP contribution in [-0.2, 0) is 22.5 Å². The van der Waals surface area contributed by atoms with Crippen LogP contribution < -0.4 is 20.9 Å². The third kappa shape index (κ3) is 7.24. The monoisotopic (exact) mass is 587 g/mol. The Morgan fingerprint density at radius 3 is 2.33 bits per heavy atom. The van der Waals surface area contributed by atoms with E-state index in [1.165, 1.54) is 38.0 Å². The Morgan fingerprint density at radius 2 is 1.64 bits per heavy atom. The van der Waals surface area contributed by atoms with Gasteiger partial charge in [0, 0.05) is 40.9 Å². The third-order valence-corrected chi connectivity index (χ3v) is 6.88. The number of carbonyl (C=O) groups is 3. The van der Waals surface area contributed by atoms with E-state index < -0.39 is 23.6 Å². The van der Waals surface area contributed by atoms with Crippen molar-refractivity contribution in [1.29, 1.82) is 0 Å². The van der Waals surface area contributed by atoms with Gasteiger partial charge in [0.25, 0.3) is 5.56 Å². The fraction of sp³-hybridized carbons (Fsp3) is 0.188. The van der Waals surface area contributed by atoms with Crippen molar-refractivity contribution < 1.29 is 23.9 Å². The zero-order chi connectivity index (χ0) is 30.2. The number of methoxy groups -OCH3 is 2. The number of amides is 2. The quantitative estimate of drug-likeness (QED) is 0.231. The molecule has 2 N–H and O–H groups in total. The molecule has 0 bridgehead atoms. The molecule has 0 aliphatic heterocycles. The zero-order valence-corrected chi connectivity index (χ0v) is 24.1. The first-order valence-corrected chi connectivity index (χ1v) is 13.4. The summed E-state index contributed by atoms with van der Waals surface area (Å²) in [4.78, 5) is 51.2. The van der Waals surface area contributed by atoms with Gasteiger partial charge in [-0.05, 0) is 53.9 Å².